The zero-order chi connectivity index (χ0) is 21.4. The first-order valence-corrected chi connectivity index (χ1v) is 10.9. The lowest BCUT2D eigenvalue weighted by Crippen LogP contribution is -2.12. The van der Waals surface area contributed by atoms with Crippen LogP contribution < -0.4 is 4.72 Å². The highest BCUT2D eigenvalue weighted by Crippen LogP contribution is 2.25. The zero-order valence-corrected chi connectivity index (χ0v) is 17.2. The van der Waals surface area contributed by atoms with Crippen molar-refractivity contribution in [2.45, 2.75) is 11.8 Å². The molecule has 0 aliphatic rings. The number of anilines is 1. The van der Waals surface area contributed by atoms with Crippen molar-refractivity contribution in [3.05, 3.63) is 78.5 Å². The fraction of sp³-hybridized carbons (Fsp3) is 0.0455. The highest BCUT2D eigenvalue weighted by Gasteiger charge is 2.18. The lowest BCUT2D eigenvalue weighted by Gasteiger charge is -2.09. The van der Waals surface area contributed by atoms with Crippen molar-refractivity contribution in [1.29, 1.82) is 0 Å². The number of sulfonamides is 1. The van der Waals surface area contributed by atoms with Crippen molar-refractivity contribution in [1.82, 2.24) is 20.1 Å². The number of hydrogen-bond acceptors (Lipinski definition) is 6. The highest BCUT2D eigenvalue weighted by molar-refractivity contribution is 7.92. The summed E-state index contributed by atoms with van der Waals surface area (Å²) in [6.45, 7) is 1.94. The van der Waals surface area contributed by atoms with Crippen LogP contribution in [0.1, 0.15) is 5.56 Å². The number of hydrogen-bond donors (Lipinski definition) is 2. The molecule has 8 nitrogen and oxygen atoms in total. The number of fused-ring (bicyclic) bond motifs is 1. The number of nitrogens with one attached hydrogen (secondary N) is 2. The molecule has 0 atom stereocenters. The Morgan fingerprint density at radius 1 is 0.968 bits per heavy atom. The Morgan fingerprint density at radius 2 is 1.81 bits per heavy atom. The van der Waals surface area contributed by atoms with Gasteiger partial charge in [-0.2, -0.15) is 4.98 Å². The van der Waals surface area contributed by atoms with E-state index in [1.165, 1.54) is 12.1 Å². The van der Waals surface area contributed by atoms with Crippen molar-refractivity contribution in [2.75, 3.05) is 4.72 Å². The number of pyridine rings is 1. The summed E-state index contributed by atoms with van der Waals surface area (Å²) in [7, 11) is -3.78. The van der Waals surface area contributed by atoms with Gasteiger partial charge in [0, 0.05) is 22.8 Å². The van der Waals surface area contributed by atoms with E-state index in [0.29, 0.717) is 22.8 Å². The first-order chi connectivity index (χ1) is 15.0. The average molecular weight is 431 g/mol. The second-order valence-electron chi connectivity index (χ2n) is 7.03. The van der Waals surface area contributed by atoms with Crippen LogP contribution in [0.4, 0.5) is 5.69 Å². The van der Waals surface area contributed by atoms with Crippen LogP contribution in [0.25, 0.3) is 34.0 Å². The van der Waals surface area contributed by atoms with Gasteiger partial charge in [0.1, 0.15) is 11.3 Å². The van der Waals surface area contributed by atoms with E-state index in [4.69, 9.17) is 4.52 Å². The van der Waals surface area contributed by atoms with Crippen molar-refractivity contribution >= 4 is 26.7 Å². The number of nitrogens with zero attached hydrogens (tertiary/aromatic N) is 3. The van der Waals surface area contributed by atoms with Crippen LogP contribution in [0.2, 0.25) is 0 Å². The summed E-state index contributed by atoms with van der Waals surface area (Å²) in [5, 5.41) is 4.97. The van der Waals surface area contributed by atoms with E-state index < -0.39 is 10.0 Å². The molecule has 0 bridgehead atoms. The summed E-state index contributed by atoms with van der Waals surface area (Å²) in [4.78, 5) is 12.0. The predicted molar refractivity (Wildman–Crippen MR) is 117 cm³/mol. The monoisotopic (exact) mass is 431 g/mol. The molecule has 5 rings (SSSR count). The molecular formula is C22H17N5O3S. The molecule has 2 aromatic carbocycles. The third-order valence-corrected chi connectivity index (χ3v) is 6.14. The number of H-pyrrole nitrogens is 1. The van der Waals surface area contributed by atoms with Gasteiger partial charge in [-0.15, -0.1) is 0 Å². The molecule has 0 aliphatic carbocycles. The predicted octanol–water partition coefficient (Wildman–Crippen LogP) is 4.39. The topological polar surface area (TPSA) is 114 Å². The minimum absolute atomic E-state index is 0.0938. The summed E-state index contributed by atoms with van der Waals surface area (Å²) in [5.41, 5.74) is 3.30. The smallest absolute Gasteiger partial charge is 0.261 e. The van der Waals surface area contributed by atoms with Crippen molar-refractivity contribution in [3.63, 3.8) is 0 Å². The molecule has 0 saturated heterocycles. The minimum Gasteiger partial charge on any atom is -0.346 e. The number of aryl methyl sites for hydroxylation is 1. The normalized spacial score (nSPS) is 11.6. The molecule has 31 heavy (non-hydrogen) atoms. The Balaban J connectivity index is 1.44. The maximum absolute atomic E-state index is 12.8. The van der Waals surface area contributed by atoms with Gasteiger partial charge in [0.25, 0.3) is 15.9 Å². The van der Waals surface area contributed by atoms with Crippen molar-refractivity contribution in [2.24, 2.45) is 0 Å². The minimum atomic E-state index is -3.78. The van der Waals surface area contributed by atoms with Gasteiger partial charge in [-0.25, -0.2) is 13.4 Å². The van der Waals surface area contributed by atoms with E-state index >= 15 is 0 Å². The molecule has 9 heteroatoms. The van der Waals surface area contributed by atoms with Gasteiger partial charge >= 0.3 is 0 Å². The highest BCUT2D eigenvalue weighted by atomic mass is 32.2. The number of rotatable bonds is 5. The third kappa shape index (κ3) is 3.78. The maximum Gasteiger partial charge on any atom is 0.261 e. The standard InChI is InChI=1S/C22H17N5O3S/c1-14-5-8-17(9-6-14)27-31(28,29)18-4-2-3-16(13-18)22-25-21(26-30-22)19-10-7-15-11-12-23-20(15)24-19/h2-13,27H,1H3,(H,23,24). The summed E-state index contributed by atoms with van der Waals surface area (Å²) in [6.07, 6.45) is 1.81. The van der Waals surface area contributed by atoms with Crippen LogP contribution >= 0.6 is 0 Å². The van der Waals surface area contributed by atoms with Crippen LogP contribution in [-0.2, 0) is 10.0 Å². The van der Waals surface area contributed by atoms with Crippen LogP contribution in [0.15, 0.2) is 82.3 Å². The van der Waals surface area contributed by atoms with Gasteiger partial charge in [-0.1, -0.05) is 28.9 Å². The molecule has 2 N–H and O–H groups in total. The molecule has 0 spiro atoms. The van der Waals surface area contributed by atoms with Gasteiger partial charge in [0.2, 0.25) is 5.82 Å². The lowest BCUT2D eigenvalue weighted by molar-refractivity contribution is 0.432. The van der Waals surface area contributed by atoms with E-state index in [0.717, 1.165) is 16.6 Å². The Labute approximate surface area is 178 Å². The molecule has 154 valence electrons. The molecule has 3 aromatic heterocycles. The van der Waals surface area contributed by atoms with Crippen molar-refractivity contribution < 1.29 is 12.9 Å². The Kier molecular flexibility index (Phi) is 4.52. The largest absolute Gasteiger partial charge is 0.346 e. The SMILES string of the molecule is Cc1ccc(NS(=O)(=O)c2cccc(-c3nc(-c4ccc5cc[nH]c5n4)no3)c2)cc1. The van der Waals surface area contributed by atoms with E-state index in [2.05, 4.69) is 24.8 Å². The molecule has 0 aliphatic heterocycles. The van der Waals surface area contributed by atoms with Crippen LogP contribution in [-0.4, -0.2) is 28.5 Å². The van der Waals surface area contributed by atoms with Gasteiger partial charge in [0.05, 0.1) is 4.90 Å². The quantitative estimate of drug-likeness (QED) is 0.427. The Bertz CT molecular complexity index is 1490. The first kappa shape index (κ1) is 19.0. The molecule has 3 heterocycles. The van der Waals surface area contributed by atoms with Crippen LogP contribution in [0.3, 0.4) is 0 Å². The molecule has 5 aromatic rings. The van der Waals surface area contributed by atoms with Crippen LogP contribution in [0.5, 0.6) is 0 Å². The third-order valence-electron chi connectivity index (χ3n) is 4.76. The second kappa shape index (κ2) is 7.37. The Hall–Kier alpha value is -3.98. The zero-order valence-electron chi connectivity index (χ0n) is 16.4. The molecule has 0 fully saturated rings. The number of benzene rings is 2. The molecular weight excluding hydrogens is 414 g/mol. The molecule has 0 radical (unpaired) electrons. The summed E-state index contributed by atoms with van der Waals surface area (Å²) in [6, 6.07) is 19.1. The van der Waals surface area contributed by atoms with Crippen molar-refractivity contribution in [3.8, 4) is 23.0 Å². The van der Waals surface area contributed by atoms with Gasteiger partial charge in [-0.3, -0.25) is 4.72 Å². The van der Waals surface area contributed by atoms with Crippen LogP contribution in [0, 0.1) is 6.92 Å². The van der Waals surface area contributed by atoms with E-state index in [9.17, 15) is 8.42 Å². The molecule has 0 saturated carbocycles. The van der Waals surface area contributed by atoms with E-state index in [1.54, 1.807) is 36.5 Å². The van der Waals surface area contributed by atoms with Gasteiger partial charge in [0.15, 0.2) is 0 Å². The van der Waals surface area contributed by atoms with E-state index in [-0.39, 0.29) is 10.8 Å². The summed E-state index contributed by atoms with van der Waals surface area (Å²) in [5.74, 6) is 0.522. The fourth-order valence-electron chi connectivity index (χ4n) is 3.13. The second-order valence-corrected chi connectivity index (χ2v) is 8.72. The lowest BCUT2D eigenvalue weighted by atomic mass is 10.2. The fourth-order valence-corrected chi connectivity index (χ4v) is 4.24. The maximum atomic E-state index is 12.8. The van der Waals surface area contributed by atoms with E-state index in [1.807, 2.05) is 31.2 Å². The average Bonchev–Trinajstić information content (AvgIpc) is 3.44. The van der Waals surface area contributed by atoms with Gasteiger partial charge in [-0.05, 0) is 55.5 Å². The molecule has 0 amide bonds. The summed E-state index contributed by atoms with van der Waals surface area (Å²) >= 11 is 0. The first-order valence-electron chi connectivity index (χ1n) is 9.46. The number of aromatic nitrogens is 4. The number of aromatic amines is 1. The Morgan fingerprint density at radius 3 is 2.65 bits per heavy atom. The summed E-state index contributed by atoms with van der Waals surface area (Å²) < 4.78 is 33.6. The molecule has 0 unspecified atom stereocenters. The van der Waals surface area contributed by atoms with Gasteiger partial charge < -0.3 is 9.51 Å².